The van der Waals surface area contributed by atoms with E-state index in [4.69, 9.17) is 16.3 Å². The summed E-state index contributed by atoms with van der Waals surface area (Å²) >= 11 is 8.03. The van der Waals surface area contributed by atoms with Crippen molar-refractivity contribution in [2.24, 2.45) is 5.41 Å². The van der Waals surface area contributed by atoms with E-state index in [9.17, 15) is 18.3 Å². The lowest BCUT2D eigenvalue weighted by molar-refractivity contribution is -0.147. The quantitative estimate of drug-likeness (QED) is 0.276. The van der Waals surface area contributed by atoms with E-state index >= 15 is 0 Å². The Labute approximate surface area is 248 Å². The molecule has 2 atom stereocenters. The molecule has 1 aromatic carbocycles. The van der Waals surface area contributed by atoms with Crippen LogP contribution < -0.4 is 4.74 Å². The van der Waals surface area contributed by atoms with E-state index < -0.39 is 27.3 Å². The van der Waals surface area contributed by atoms with E-state index in [1.807, 2.05) is 39.0 Å². The summed E-state index contributed by atoms with van der Waals surface area (Å²) in [5.74, 6) is -1.27. The minimum atomic E-state index is -3.93. The number of fused-ring (bicyclic) bond motifs is 2. The molecule has 0 spiro atoms. The van der Waals surface area contributed by atoms with E-state index in [0.29, 0.717) is 28.4 Å². The van der Waals surface area contributed by atoms with Gasteiger partial charge in [0.2, 0.25) is 10.0 Å². The molecule has 0 fully saturated rings. The van der Waals surface area contributed by atoms with Gasteiger partial charge in [-0.05, 0) is 69.0 Å². The Hall–Kier alpha value is -3.06. The number of thiophene rings is 1. The smallest absolute Gasteiger partial charge is 0.310 e. The molecule has 1 aliphatic rings. The molecular weight excluding hydrogens is 586 g/mol. The van der Waals surface area contributed by atoms with Gasteiger partial charge >= 0.3 is 5.97 Å². The molecule has 0 bridgehead atoms. The number of sulfonamides is 1. The molecule has 0 saturated carbocycles. The number of carboxylic acids is 1. The normalized spacial score (nSPS) is 18.0. The third kappa shape index (κ3) is 5.11. The summed E-state index contributed by atoms with van der Waals surface area (Å²) in [6.45, 7) is 10.0. The van der Waals surface area contributed by atoms with Crippen molar-refractivity contribution in [2.75, 3.05) is 6.54 Å². The Kier molecular flexibility index (Phi) is 7.88. The highest BCUT2D eigenvalue weighted by Gasteiger charge is 2.42. The number of hydrogen-bond acceptors (Lipinski definition) is 8. The maximum atomic E-state index is 13.7. The van der Waals surface area contributed by atoms with Crippen LogP contribution in [-0.4, -0.2) is 56.4 Å². The molecule has 1 N–H and O–H groups in total. The maximum Gasteiger partial charge on any atom is 0.310 e. The number of hydrogen-bond donors (Lipinski definition) is 1. The zero-order valence-electron chi connectivity index (χ0n) is 23.5. The molecule has 0 amide bonds. The fourth-order valence-electron chi connectivity index (χ4n) is 5.32. The molecule has 0 saturated heterocycles. The van der Waals surface area contributed by atoms with Crippen molar-refractivity contribution < 1.29 is 23.1 Å². The number of aryl methyl sites for hydroxylation is 2. The second-order valence-electron chi connectivity index (χ2n) is 10.7. The Morgan fingerprint density at radius 3 is 2.73 bits per heavy atom. The van der Waals surface area contributed by atoms with Gasteiger partial charge < -0.3 is 9.84 Å². The van der Waals surface area contributed by atoms with Crippen molar-refractivity contribution >= 4 is 50.0 Å². The van der Waals surface area contributed by atoms with Crippen LogP contribution in [0.2, 0.25) is 4.34 Å². The predicted octanol–water partition coefficient (Wildman–Crippen LogP) is 5.47. The number of carboxylic acid groups (broad SMARTS) is 1. The minimum absolute atomic E-state index is 0.00885. The lowest BCUT2D eigenvalue weighted by Crippen LogP contribution is -2.36. The van der Waals surface area contributed by atoms with E-state index in [-0.39, 0.29) is 29.8 Å². The summed E-state index contributed by atoms with van der Waals surface area (Å²) < 4.78 is 36.9. The van der Waals surface area contributed by atoms with E-state index in [2.05, 4.69) is 15.3 Å². The molecule has 1 aliphatic heterocycles. The van der Waals surface area contributed by atoms with Crippen LogP contribution in [-0.2, 0) is 27.9 Å². The van der Waals surface area contributed by atoms with E-state index in [1.165, 1.54) is 28.0 Å². The third-order valence-electron chi connectivity index (χ3n) is 7.79. The number of aliphatic carboxylic acids is 1. The molecule has 0 radical (unpaired) electrons. The lowest BCUT2D eigenvalue weighted by atomic mass is 9.72. The molecule has 10 nitrogen and oxygen atoms in total. The second-order valence-corrected chi connectivity index (χ2v) is 14.3. The highest BCUT2D eigenvalue weighted by Crippen LogP contribution is 2.48. The van der Waals surface area contributed by atoms with Crippen LogP contribution in [0.25, 0.3) is 11.0 Å². The van der Waals surface area contributed by atoms with Crippen molar-refractivity contribution in [3.8, 4) is 5.75 Å². The van der Waals surface area contributed by atoms with Gasteiger partial charge in [-0.25, -0.2) is 13.1 Å². The monoisotopic (exact) mass is 617 g/mol. The summed E-state index contributed by atoms with van der Waals surface area (Å²) in [6, 6.07) is 7.25. The highest BCUT2D eigenvalue weighted by atomic mass is 35.5. The van der Waals surface area contributed by atoms with Crippen LogP contribution in [0.1, 0.15) is 61.6 Å². The van der Waals surface area contributed by atoms with Crippen LogP contribution in [0.3, 0.4) is 0 Å². The zero-order chi connectivity index (χ0) is 29.7. The van der Waals surface area contributed by atoms with Gasteiger partial charge in [0.25, 0.3) is 0 Å². The van der Waals surface area contributed by atoms with Gasteiger partial charge in [0.15, 0.2) is 0 Å². The molecular formula is C28H32ClN5O5S2. The van der Waals surface area contributed by atoms with Crippen LogP contribution >= 0.6 is 22.9 Å². The van der Waals surface area contributed by atoms with Crippen molar-refractivity contribution in [1.82, 2.24) is 24.3 Å². The number of benzene rings is 1. The van der Waals surface area contributed by atoms with Crippen molar-refractivity contribution in [3.63, 3.8) is 0 Å². The van der Waals surface area contributed by atoms with Crippen LogP contribution in [0.15, 0.2) is 41.6 Å². The van der Waals surface area contributed by atoms with Crippen LogP contribution in [0, 0.1) is 12.3 Å². The number of nitrogens with zero attached hydrogens (tertiary/aromatic N) is 5. The fraction of sp³-hybridized carbons (Fsp3) is 0.429. The first-order valence-electron chi connectivity index (χ1n) is 13.3. The number of ether oxygens (including phenoxy) is 1. The Morgan fingerprint density at radius 1 is 1.29 bits per heavy atom. The molecule has 218 valence electrons. The molecule has 1 unspecified atom stereocenters. The molecule has 5 rings (SSSR count). The molecule has 0 aliphatic carbocycles. The first kappa shape index (κ1) is 29.4. The first-order chi connectivity index (χ1) is 19.4. The minimum Gasteiger partial charge on any atom is -0.488 e. The third-order valence-corrected chi connectivity index (χ3v) is 11.1. The predicted molar refractivity (Wildman–Crippen MR) is 157 cm³/mol. The largest absolute Gasteiger partial charge is 0.488 e. The molecule has 4 heterocycles. The average Bonchev–Trinajstić information content (AvgIpc) is 3.49. The molecule has 13 heteroatoms. The fourth-order valence-corrected chi connectivity index (χ4v) is 8.42. The summed E-state index contributed by atoms with van der Waals surface area (Å²) in [5, 5.41) is 18.9. The zero-order valence-corrected chi connectivity index (χ0v) is 25.8. The van der Waals surface area contributed by atoms with Crippen LogP contribution in [0.4, 0.5) is 0 Å². The lowest BCUT2D eigenvalue weighted by Gasteiger charge is -2.31. The number of rotatable bonds is 8. The van der Waals surface area contributed by atoms with E-state index in [0.717, 1.165) is 21.5 Å². The average molecular weight is 618 g/mol. The van der Waals surface area contributed by atoms with Gasteiger partial charge in [0, 0.05) is 30.1 Å². The number of pyridine rings is 1. The van der Waals surface area contributed by atoms with Crippen molar-refractivity contribution in [2.45, 2.75) is 71.0 Å². The Balaban J connectivity index is 1.59. The number of carbonyl (C=O) groups is 1. The van der Waals surface area contributed by atoms with Gasteiger partial charge in [0.05, 0.1) is 28.0 Å². The van der Waals surface area contributed by atoms with Gasteiger partial charge in [0.1, 0.15) is 22.3 Å². The highest BCUT2D eigenvalue weighted by molar-refractivity contribution is 7.89. The SMILES string of the molecule is CC[C@@H]1CN(Cc2cc(C(c3ccc4c(nnn4CC)c3C)C(C)(C)C(=O)O)sc2Cl)S(=O)(=O)c2cnccc2O1. The van der Waals surface area contributed by atoms with Gasteiger partial charge in [-0.15, -0.1) is 16.4 Å². The molecule has 41 heavy (non-hydrogen) atoms. The topological polar surface area (TPSA) is 128 Å². The number of halogens is 1. The standard InChI is InChI=1S/C28H32ClN5O5S2/c1-6-18-15-33(41(37,38)23-13-30-11-10-21(23)39-18)14-17-12-22(40-26(17)29)24(28(4,5)27(35)36)19-8-9-20-25(16(19)3)31-32-34(20)7-2/h8-13,18,24H,6-7,14-15H2,1-5H3,(H,35,36)/t18-,24?/m1/s1. The van der Waals surface area contributed by atoms with Gasteiger partial charge in [-0.2, -0.15) is 4.31 Å². The van der Waals surface area contributed by atoms with Gasteiger partial charge in [-0.3, -0.25) is 9.78 Å². The first-order valence-corrected chi connectivity index (χ1v) is 16.0. The Bertz CT molecular complexity index is 1730. The van der Waals surface area contributed by atoms with Gasteiger partial charge in [-0.1, -0.05) is 29.8 Å². The second kappa shape index (κ2) is 11.0. The number of aromatic nitrogens is 4. The summed E-state index contributed by atoms with van der Waals surface area (Å²) in [7, 11) is -3.93. The van der Waals surface area contributed by atoms with Crippen molar-refractivity contribution in [3.05, 3.63) is 62.6 Å². The summed E-state index contributed by atoms with van der Waals surface area (Å²) in [4.78, 5) is 17.3. The summed E-state index contributed by atoms with van der Waals surface area (Å²) in [6.07, 6.45) is 3.06. The molecule has 3 aromatic heterocycles. The molecule has 4 aromatic rings. The maximum absolute atomic E-state index is 13.7. The summed E-state index contributed by atoms with van der Waals surface area (Å²) in [5.41, 5.74) is 2.62. The van der Waals surface area contributed by atoms with Crippen LogP contribution in [0.5, 0.6) is 5.75 Å². The van der Waals surface area contributed by atoms with E-state index in [1.54, 1.807) is 24.6 Å². The van der Waals surface area contributed by atoms with Crippen molar-refractivity contribution in [1.29, 1.82) is 0 Å². The Morgan fingerprint density at radius 2 is 2.05 bits per heavy atom.